The first-order chi connectivity index (χ1) is 23.3. The molecule has 0 aliphatic heterocycles. The van der Waals surface area contributed by atoms with E-state index in [0.717, 1.165) is 17.1 Å². The van der Waals surface area contributed by atoms with E-state index in [1.807, 2.05) is 0 Å². The molecule has 0 bridgehead atoms. The Morgan fingerprint density at radius 1 is 0.255 bits per heavy atom. The smallest absolute Gasteiger partial charge is 0.0462 e. The molecule has 0 saturated carbocycles. The number of hydrogen-bond donors (Lipinski definition) is 0. The minimum absolute atomic E-state index is 1.12. The predicted octanol–water partition coefficient (Wildman–Crippen LogP) is 13.1. The topological polar surface area (TPSA) is 3.24 Å². The zero-order valence-corrected chi connectivity index (χ0v) is 25.8. The molecule has 0 aliphatic rings. The van der Waals surface area contributed by atoms with Gasteiger partial charge in [-0.3, -0.25) is 0 Å². The second-order valence-corrected chi connectivity index (χ2v) is 12.2. The Hall–Kier alpha value is -6.18. The molecular weight excluding hydrogens is 567 g/mol. The van der Waals surface area contributed by atoms with E-state index in [0.29, 0.717) is 0 Å². The van der Waals surface area contributed by atoms with Gasteiger partial charge in [-0.25, -0.2) is 0 Å². The predicted molar refractivity (Wildman–Crippen MR) is 202 cm³/mol. The van der Waals surface area contributed by atoms with Crippen molar-refractivity contribution in [1.29, 1.82) is 0 Å². The van der Waals surface area contributed by atoms with Crippen molar-refractivity contribution in [3.63, 3.8) is 0 Å². The quantitative estimate of drug-likeness (QED) is 0.178. The monoisotopic (exact) mass is 597 g/mol. The number of rotatable bonds is 5. The zero-order valence-electron chi connectivity index (χ0n) is 25.8. The molecule has 9 aromatic carbocycles. The van der Waals surface area contributed by atoms with Crippen LogP contribution in [0.15, 0.2) is 188 Å². The van der Waals surface area contributed by atoms with E-state index in [2.05, 4.69) is 193 Å². The van der Waals surface area contributed by atoms with E-state index in [4.69, 9.17) is 0 Å². The highest BCUT2D eigenvalue weighted by Gasteiger charge is 2.14. The molecule has 0 unspecified atom stereocenters. The van der Waals surface area contributed by atoms with Gasteiger partial charge in [-0.2, -0.15) is 0 Å². The number of nitrogens with zero attached hydrogens (tertiary/aromatic N) is 1. The Balaban J connectivity index is 1.10. The van der Waals surface area contributed by atoms with E-state index in [-0.39, 0.29) is 0 Å². The molecule has 47 heavy (non-hydrogen) atoms. The molecule has 1 nitrogen and oxygen atoms in total. The van der Waals surface area contributed by atoms with Crippen LogP contribution in [0.4, 0.5) is 17.1 Å². The maximum Gasteiger partial charge on any atom is 0.0462 e. The van der Waals surface area contributed by atoms with E-state index in [1.165, 1.54) is 65.3 Å². The maximum absolute atomic E-state index is 2.33. The van der Waals surface area contributed by atoms with Gasteiger partial charge in [0.1, 0.15) is 0 Å². The van der Waals surface area contributed by atoms with Crippen molar-refractivity contribution in [2.45, 2.75) is 0 Å². The van der Waals surface area contributed by atoms with Crippen LogP contribution >= 0.6 is 0 Å². The lowest BCUT2D eigenvalue weighted by Gasteiger charge is -2.26. The van der Waals surface area contributed by atoms with Gasteiger partial charge in [0, 0.05) is 17.1 Å². The van der Waals surface area contributed by atoms with Gasteiger partial charge in [-0.1, -0.05) is 140 Å². The number of para-hydroxylation sites is 1. The molecule has 0 saturated heterocycles. The van der Waals surface area contributed by atoms with E-state index < -0.39 is 0 Å². The van der Waals surface area contributed by atoms with Crippen LogP contribution in [0.3, 0.4) is 0 Å². The molecule has 0 spiro atoms. The van der Waals surface area contributed by atoms with Gasteiger partial charge in [0.05, 0.1) is 0 Å². The summed E-state index contributed by atoms with van der Waals surface area (Å²) in [6, 6.07) is 68.2. The fourth-order valence-electron chi connectivity index (χ4n) is 7.09. The Labute approximate surface area is 274 Å². The average molecular weight is 598 g/mol. The van der Waals surface area contributed by atoms with Crippen LogP contribution in [-0.2, 0) is 0 Å². The summed E-state index contributed by atoms with van der Waals surface area (Å²) in [5, 5.41) is 10.2. The first-order valence-corrected chi connectivity index (χ1v) is 16.2. The number of hydrogen-bond acceptors (Lipinski definition) is 1. The van der Waals surface area contributed by atoms with Crippen LogP contribution in [0.5, 0.6) is 0 Å². The fourth-order valence-corrected chi connectivity index (χ4v) is 7.09. The van der Waals surface area contributed by atoms with Gasteiger partial charge in [0.25, 0.3) is 0 Å². The lowest BCUT2D eigenvalue weighted by molar-refractivity contribution is 1.28. The van der Waals surface area contributed by atoms with E-state index in [9.17, 15) is 0 Å². The van der Waals surface area contributed by atoms with Crippen LogP contribution in [-0.4, -0.2) is 0 Å². The molecule has 0 heterocycles. The molecule has 0 amide bonds. The molecule has 9 aromatic rings. The first-order valence-electron chi connectivity index (χ1n) is 16.2. The first kappa shape index (κ1) is 27.2. The van der Waals surface area contributed by atoms with Crippen LogP contribution in [0.25, 0.3) is 65.3 Å². The molecule has 1 heteroatoms. The minimum Gasteiger partial charge on any atom is -0.311 e. The molecule has 0 atom stereocenters. The van der Waals surface area contributed by atoms with Crippen LogP contribution in [0.1, 0.15) is 0 Å². The molecule has 0 fully saturated rings. The third kappa shape index (κ3) is 4.81. The number of fused-ring (bicyclic) bond motifs is 6. The summed E-state index contributed by atoms with van der Waals surface area (Å²) in [7, 11) is 0. The largest absolute Gasteiger partial charge is 0.311 e. The third-order valence-electron chi connectivity index (χ3n) is 9.42. The summed E-state index contributed by atoms with van der Waals surface area (Å²) in [6.45, 7) is 0. The summed E-state index contributed by atoms with van der Waals surface area (Å²) >= 11 is 0. The molecular formula is C46H31N. The zero-order chi connectivity index (χ0) is 31.2. The van der Waals surface area contributed by atoms with Gasteiger partial charge in [-0.15, -0.1) is 0 Å². The normalized spacial score (nSPS) is 11.4. The van der Waals surface area contributed by atoms with Gasteiger partial charge in [0.15, 0.2) is 0 Å². The molecule has 0 aliphatic carbocycles. The van der Waals surface area contributed by atoms with E-state index in [1.54, 1.807) is 0 Å². The van der Waals surface area contributed by atoms with Crippen molar-refractivity contribution >= 4 is 60.2 Å². The van der Waals surface area contributed by atoms with Crippen molar-refractivity contribution < 1.29 is 0 Å². The maximum atomic E-state index is 2.33. The molecule has 220 valence electrons. The molecule has 0 N–H and O–H groups in total. The summed E-state index contributed by atoms with van der Waals surface area (Å²) < 4.78 is 0. The van der Waals surface area contributed by atoms with Gasteiger partial charge < -0.3 is 4.90 Å². The van der Waals surface area contributed by atoms with Gasteiger partial charge in [0.2, 0.25) is 0 Å². The van der Waals surface area contributed by atoms with Crippen LogP contribution in [0.2, 0.25) is 0 Å². The van der Waals surface area contributed by atoms with E-state index >= 15 is 0 Å². The van der Waals surface area contributed by atoms with Gasteiger partial charge >= 0.3 is 0 Å². The highest BCUT2D eigenvalue weighted by atomic mass is 15.1. The second kappa shape index (κ2) is 11.3. The fraction of sp³-hybridized carbons (Fsp3) is 0. The average Bonchev–Trinajstić information content (AvgIpc) is 3.15. The Morgan fingerprint density at radius 2 is 0.723 bits per heavy atom. The van der Waals surface area contributed by atoms with Crippen molar-refractivity contribution in [1.82, 2.24) is 0 Å². The molecule has 9 rings (SSSR count). The van der Waals surface area contributed by atoms with Crippen molar-refractivity contribution in [2.75, 3.05) is 4.90 Å². The SMILES string of the molecule is c1ccc(N(c2ccc(-c3ccc4ccc5ccccc5c4c3)cc2)c2ccc(-c3cc4ccccc4c4ccccc34)cc2)cc1. The summed E-state index contributed by atoms with van der Waals surface area (Å²) in [5.74, 6) is 0. The van der Waals surface area contributed by atoms with Crippen LogP contribution in [0, 0.1) is 0 Å². The standard InChI is InChI=1S/C46H31N/c1-2-12-38(13-3-1)47(39-26-22-32(23-27-39)36-21-20-34-19-18-33-10-4-6-14-41(33)45(34)30-36)40-28-24-35(25-29-40)46-31-37-11-5-7-15-42(37)43-16-8-9-17-44(43)46/h1-31H. The van der Waals surface area contributed by atoms with Crippen molar-refractivity contribution in [3.8, 4) is 22.3 Å². The highest BCUT2D eigenvalue weighted by Crippen LogP contribution is 2.39. The third-order valence-corrected chi connectivity index (χ3v) is 9.42. The highest BCUT2D eigenvalue weighted by molar-refractivity contribution is 6.14. The second-order valence-electron chi connectivity index (χ2n) is 12.2. The van der Waals surface area contributed by atoms with Crippen molar-refractivity contribution in [2.24, 2.45) is 0 Å². The van der Waals surface area contributed by atoms with Crippen LogP contribution < -0.4 is 4.90 Å². The summed E-state index contributed by atoms with van der Waals surface area (Å²) in [4.78, 5) is 2.33. The molecule has 0 radical (unpaired) electrons. The summed E-state index contributed by atoms with van der Waals surface area (Å²) in [6.07, 6.45) is 0. The summed E-state index contributed by atoms with van der Waals surface area (Å²) in [5.41, 5.74) is 8.26. The Morgan fingerprint density at radius 3 is 1.43 bits per heavy atom. The number of anilines is 3. The molecule has 0 aromatic heterocycles. The lowest BCUT2D eigenvalue weighted by atomic mass is 9.93. The minimum atomic E-state index is 1.12. The Kier molecular flexibility index (Phi) is 6.54. The van der Waals surface area contributed by atoms with Crippen molar-refractivity contribution in [3.05, 3.63) is 188 Å². The number of benzene rings is 9. The lowest BCUT2D eigenvalue weighted by Crippen LogP contribution is -2.09. The Bertz CT molecular complexity index is 2550. The van der Waals surface area contributed by atoms with Gasteiger partial charge in [-0.05, 0) is 114 Å².